The summed E-state index contributed by atoms with van der Waals surface area (Å²) in [6, 6.07) is 5.59. The highest BCUT2D eigenvalue weighted by Crippen LogP contribution is 2.38. The van der Waals surface area contributed by atoms with E-state index >= 15 is 0 Å². The van der Waals surface area contributed by atoms with Crippen LogP contribution in [-0.4, -0.2) is 0 Å². The van der Waals surface area contributed by atoms with E-state index in [9.17, 15) is 4.39 Å². The van der Waals surface area contributed by atoms with Crippen LogP contribution >= 0.6 is 0 Å². The molecule has 1 saturated carbocycles. The minimum Gasteiger partial charge on any atom is -0.207 e. The van der Waals surface area contributed by atoms with E-state index in [1.807, 2.05) is 6.07 Å². The normalized spacial score (nSPS) is 17.1. The Morgan fingerprint density at radius 2 is 2.00 bits per heavy atom. The van der Waals surface area contributed by atoms with Gasteiger partial charge in [0.25, 0.3) is 0 Å². The maximum Gasteiger partial charge on any atom is 0.126 e. The molecule has 0 radical (unpaired) electrons. The molecule has 1 aliphatic carbocycles. The summed E-state index contributed by atoms with van der Waals surface area (Å²) >= 11 is 0. The molecule has 0 aliphatic heterocycles. The second kappa shape index (κ2) is 3.72. The molecule has 0 atom stereocenters. The van der Waals surface area contributed by atoms with E-state index in [1.165, 1.54) is 24.8 Å². The van der Waals surface area contributed by atoms with Gasteiger partial charge < -0.3 is 0 Å². The van der Waals surface area contributed by atoms with E-state index < -0.39 is 0 Å². The van der Waals surface area contributed by atoms with E-state index in [0.29, 0.717) is 11.8 Å². The second-order valence-electron chi connectivity index (χ2n) is 4.56. The molecule has 1 aromatic rings. The first-order valence-corrected chi connectivity index (χ1v) is 5.48. The third kappa shape index (κ3) is 1.68. The Balaban J connectivity index is 2.31. The molecule has 14 heavy (non-hydrogen) atoms. The lowest BCUT2D eigenvalue weighted by molar-refractivity contribution is 0.404. The molecule has 1 aliphatic rings. The largest absolute Gasteiger partial charge is 0.207 e. The molecule has 0 amide bonds. The second-order valence-corrected chi connectivity index (χ2v) is 4.56. The van der Waals surface area contributed by atoms with E-state index in [0.717, 1.165) is 5.56 Å². The Kier molecular flexibility index (Phi) is 2.58. The molecule has 76 valence electrons. The van der Waals surface area contributed by atoms with Crippen molar-refractivity contribution in [2.75, 3.05) is 0 Å². The average molecular weight is 192 g/mol. The van der Waals surface area contributed by atoms with E-state index in [4.69, 9.17) is 0 Å². The van der Waals surface area contributed by atoms with Crippen LogP contribution < -0.4 is 0 Å². The topological polar surface area (TPSA) is 0 Å². The summed E-state index contributed by atoms with van der Waals surface area (Å²) in [6.07, 6.45) is 3.59. The maximum atomic E-state index is 13.5. The third-order valence-corrected chi connectivity index (χ3v) is 3.23. The number of hydrogen-bond acceptors (Lipinski definition) is 0. The number of rotatable bonds is 2. The molecule has 0 spiro atoms. The highest BCUT2D eigenvalue weighted by molar-refractivity contribution is 5.30. The summed E-state index contributed by atoms with van der Waals surface area (Å²) in [5.41, 5.74) is 2.20. The molecular weight excluding hydrogens is 175 g/mol. The van der Waals surface area contributed by atoms with Crippen LogP contribution in [0.5, 0.6) is 0 Å². The molecule has 0 nitrogen and oxygen atoms in total. The van der Waals surface area contributed by atoms with Crippen molar-refractivity contribution in [3.63, 3.8) is 0 Å². The molecule has 1 fully saturated rings. The first-order valence-electron chi connectivity index (χ1n) is 5.48. The Bertz CT molecular complexity index is 324. The Labute approximate surface area is 85.1 Å². The van der Waals surface area contributed by atoms with Gasteiger partial charge in [0.15, 0.2) is 0 Å². The first kappa shape index (κ1) is 9.70. The Morgan fingerprint density at radius 3 is 2.50 bits per heavy atom. The summed E-state index contributed by atoms with van der Waals surface area (Å²) in [6.45, 7) is 4.30. The van der Waals surface area contributed by atoms with Crippen molar-refractivity contribution in [1.82, 2.24) is 0 Å². The van der Waals surface area contributed by atoms with Crippen LogP contribution in [0.3, 0.4) is 0 Å². The molecule has 0 saturated heterocycles. The smallest absolute Gasteiger partial charge is 0.126 e. The van der Waals surface area contributed by atoms with E-state index in [2.05, 4.69) is 19.9 Å². The maximum absolute atomic E-state index is 13.5. The van der Waals surface area contributed by atoms with Crippen molar-refractivity contribution in [3.8, 4) is 0 Å². The van der Waals surface area contributed by atoms with Gasteiger partial charge in [0.1, 0.15) is 5.82 Å². The van der Waals surface area contributed by atoms with Gasteiger partial charge in [-0.25, -0.2) is 4.39 Å². The molecule has 0 bridgehead atoms. The summed E-state index contributed by atoms with van der Waals surface area (Å²) in [7, 11) is 0. The SMILES string of the molecule is CC(C)c1ccc(F)c(C2CCC2)c1. The van der Waals surface area contributed by atoms with Crippen molar-refractivity contribution in [2.45, 2.75) is 44.9 Å². The summed E-state index contributed by atoms with van der Waals surface area (Å²) < 4.78 is 13.5. The molecule has 1 aromatic carbocycles. The van der Waals surface area contributed by atoms with Gasteiger partial charge in [-0.2, -0.15) is 0 Å². The van der Waals surface area contributed by atoms with Gasteiger partial charge in [0.05, 0.1) is 0 Å². The van der Waals surface area contributed by atoms with Gasteiger partial charge in [0.2, 0.25) is 0 Å². The van der Waals surface area contributed by atoms with Crippen LogP contribution in [0.15, 0.2) is 18.2 Å². The fourth-order valence-electron chi connectivity index (χ4n) is 1.95. The standard InChI is InChI=1S/C13H17F/c1-9(2)11-6-7-13(14)12(8-11)10-4-3-5-10/h6-10H,3-5H2,1-2H3. The van der Waals surface area contributed by atoms with Crippen LogP contribution in [0.2, 0.25) is 0 Å². The van der Waals surface area contributed by atoms with Crippen molar-refractivity contribution in [2.24, 2.45) is 0 Å². The fourth-order valence-corrected chi connectivity index (χ4v) is 1.95. The van der Waals surface area contributed by atoms with Crippen LogP contribution in [0, 0.1) is 5.82 Å². The van der Waals surface area contributed by atoms with Gasteiger partial charge in [-0.1, -0.05) is 32.4 Å². The average Bonchev–Trinajstić information content (AvgIpc) is 2.05. The molecule has 0 N–H and O–H groups in total. The molecule has 0 heterocycles. The summed E-state index contributed by atoms with van der Waals surface area (Å²) in [5.74, 6) is 0.974. The third-order valence-electron chi connectivity index (χ3n) is 3.23. The lowest BCUT2D eigenvalue weighted by Crippen LogP contribution is -2.11. The van der Waals surface area contributed by atoms with E-state index in [1.54, 1.807) is 6.07 Å². The highest BCUT2D eigenvalue weighted by atomic mass is 19.1. The summed E-state index contributed by atoms with van der Waals surface area (Å²) in [5, 5.41) is 0. The van der Waals surface area contributed by atoms with Gasteiger partial charge in [-0.15, -0.1) is 0 Å². The lowest BCUT2D eigenvalue weighted by Gasteiger charge is -2.26. The predicted octanol–water partition coefficient (Wildman–Crippen LogP) is 4.22. The monoisotopic (exact) mass is 192 g/mol. The van der Waals surface area contributed by atoms with Crippen LogP contribution in [0.1, 0.15) is 56.1 Å². The quantitative estimate of drug-likeness (QED) is 0.658. The molecule has 0 aromatic heterocycles. The van der Waals surface area contributed by atoms with Gasteiger partial charge in [-0.3, -0.25) is 0 Å². The fraction of sp³-hybridized carbons (Fsp3) is 0.538. The minimum absolute atomic E-state index is 0.0147. The minimum atomic E-state index is -0.0147. The molecular formula is C13H17F. The van der Waals surface area contributed by atoms with Crippen molar-refractivity contribution in [1.29, 1.82) is 0 Å². The predicted molar refractivity (Wildman–Crippen MR) is 57.1 cm³/mol. The van der Waals surface area contributed by atoms with Gasteiger partial charge in [0, 0.05) is 0 Å². The van der Waals surface area contributed by atoms with Crippen LogP contribution in [0.25, 0.3) is 0 Å². The van der Waals surface area contributed by atoms with Crippen molar-refractivity contribution < 1.29 is 4.39 Å². The van der Waals surface area contributed by atoms with Crippen LogP contribution in [-0.2, 0) is 0 Å². The number of halogens is 1. The lowest BCUT2D eigenvalue weighted by atomic mass is 9.79. The Morgan fingerprint density at radius 1 is 1.29 bits per heavy atom. The van der Waals surface area contributed by atoms with Crippen molar-refractivity contribution >= 4 is 0 Å². The zero-order valence-electron chi connectivity index (χ0n) is 8.89. The molecule has 2 rings (SSSR count). The Hall–Kier alpha value is -0.850. The van der Waals surface area contributed by atoms with E-state index in [-0.39, 0.29) is 5.82 Å². The van der Waals surface area contributed by atoms with Crippen LogP contribution in [0.4, 0.5) is 4.39 Å². The highest BCUT2D eigenvalue weighted by Gasteiger charge is 2.22. The zero-order chi connectivity index (χ0) is 10.1. The first-order chi connectivity index (χ1) is 6.68. The molecule has 1 heteroatoms. The van der Waals surface area contributed by atoms with Gasteiger partial charge >= 0.3 is 0 Å². The molecule has 0 unspecified atom stereocenters. The van der Waals surface area contributed by atoms with Crippen molar-refractivity contribution in [3.05, 3.63) is 35.1 Å². The number of benzene rings is 1. The summed E-state index contributed by atoms with van der Waals surface area (Å²) in [4.78, 5) is 0. The van der Waals surface area contributed by atoms with Gasteiger partial charge in [-0.05, 0) is 41.9 Å². The zero-order valence-corrected chi connectivity index (χ0v) is 8.89. The number of hydrogen-bond donors (Lipinski definition) is 0.